The molecule has 2 aromatic carbocycles. The van der Waals surface area contributed by atoms with Gasteiger partial charge in [0, 0.05) is 11.6 Å². The number of carbonyl (C=O) groups excluding carboxylic acids is 1. The molecule has 0 amide bonds. The summed E-state index contributed by atoms with van der Waals surface area (Å²) in [6.45, 7) is 1.67. The van der Waals surface area contributed by atoms with Crippen molar-refractivity contribution < 1.29 is 29.6 Å². The van der Waals surface area contributed by atoms with Crippen LogP contribution in [0.2, 0.25) is 0 Å². The summed E-state index contributed by atoms with van der Waals surface area (Å²) in [5.74, 6) is -0.543. The van der Waals surface area contributed by atoms with Crippen LogP contribution >= 0.6 is 0 Å². The molecular formula is C18H18O6. The molecule has 0 spiro atoms. The van der Waals surface area contributed by atoms with E-state index in [1.54, 1.807) is 18.2 Å². The molecule has 3 N–H and O–H groups in total. The number of fused-ring (bicyclic) bond motifs is 1. The number of benzene rings is 2. The zero-order valence-electron chi connectivity index (χ0n) is 13.4. The van der Waals surface area contributed by atoms with E-state index >= 15 is 0 Å². The molecule has 1 atom stereocenters. The summed E-state index contributed by atoms with van der Waals surface area (Å²) >= 11 is 0. The number of hydrogen-bond donors (Lipinski definition) is 3. The van der Waals surface area contributed by atoms with E-state index in [2.05, 4.69) is 0 Å². The highest BCUT2D eigenvalue weighted by molar-refractivity contribution is 6.04. The van der Waals surface area contributed by atoms with Gasteiger partial charge in [-0.2, -0.15) is 0 Å². The monoisotopic (exact) mass is 330 g/mol. The van der Waals surface area contributed by atoms with Crippen molar-refractivity contribution in [2.45, 2.75) is 13.3 Å². The largest absolute Gasteiger partial charge is 0.507 e. The number of rotatable bonds is 3. The van der Waals surface area contributed by atoms with Gasteiger partial charge in [0.05, 0.1) is 19.6 Å². The molecule has 1 heterocycles. The van der Waals surface area contributed by atoms with Crippen molar-refractivity contribution in [2.75, 3.05) is 13.7 Å². The quantitative estimate of drug-likeness (QED) is 0.800. The lowest BCUT2D eigenvalue weighted by Crippen LogP contribution is -2.29. The number of phenolic OH excluding ortho intramolecular Hbond substituents is 3. The number of hydrogen-bond acceptors (Lipinski definition) is 6. The molecule has 3 rings (SSSR count). The molecule has 0 bridgehead atoms. The Labute approximate surface area is 138 Å². The molecule has 6 nitrogen and oxygen atoms in total. The van der Waals surface area contributed by atoms with Crippen LogP contribution in [-0.2, 0) is 6.42 Å². The van der Waals surface area contributed by atoms with E-state index in [-0.39, 0.29) is 46.5 Å². The fourth-order valence-corrected chi connectivity index (χ4v) is 2.85. The first-order valence-corrected chi connectivity index (χ1v) is 7.50. The van der Waals surface area contributed by atoms with Crippen molar-refractivity contribution in [3.63, 3.8) is 0 Å². The van der Waals surface area contributed by atoms with Gasteiger partial charge in [0.15, 0.2) is 17.3 Å². The Kier molecular flexibility index (Phi) is 3.97. The lowest BCUT2D eigenvalue weighted by molar-refractivity contribution is 0.0825. The average Bonchev–Trinajstić information content (AvgIpc) is 2.55. The molecule has 1 aliphatic rings. The molecule has 24 heavy (non-hydrogen) atoms. The molecule has 1 unspecified atom stereocenters. The van der Waals surface area contributed by atoms with Crippen LogP contribution in [-0.4, -0.2) is 34.8 Å². The van der Waals surface area contributed by atoms with Crippen LogP contribution in [0, 0.1) is 12.8 Å². The normalized spacial score (nSPS) is 16.4. The van der Waals surface area contributed by atoms with Crippen molar-refractivity contribution in [3.05, 3.63) is 41.0 Å². The highest BCUT2D eigenvalue weighted by Crippen LogP contribution is 2.41. The molecule has 2 aromatic rings. The number of ketones is 1. The zero-order chi connectivity index (χ0) is 17.4. The van der Waals surface area contributed by atoms with E-state index in [9.17, 15) is 20.1 Å². The fourth-order valence-electron chi connectivity index (χ4n) is 2.85. The van der Waals surface area contributed by atoms with Crippen molar-refractivity contribution in [1.29, 1.82) is 0 Å². The van der Waals surface area contributed by atoms with Gasteiger partial charge in [-0.1, -0.05) is 6.07 Å². The molecule has 1 aliphatic heterocycles. The molecule has 0 aromatic heterocycles. The SMILES string of the molecule is COc1ccc(CC2COc3cc(O)c(C)c(O)c3C2=O)cc1O. The lowest BCUT2D eigenvalue weighted by Gasteiger charge is -2.25. The minimum Gasteiger partial charge on any atom is -0.507 e. The minimum absolute atomic E-state index is 0.00295. The van der Waals surface area contributed by atoms with E-state index in [0.29, 0.717) is 12.2 Å². The lowest BCUT2D eigenvalue weighted by atomic mass is 9.88. The van der Waals surface area contributed by atoms with Crippen LogP contribution in [0.5, 0.6) is 28.7 Å². The number of ether oxygens (including phenoxy) is 2. The molecular weight excluding hydrogens is 312 g/mol. The summed E-state index contributed by atoms with van der Waals surface area (Å²) in [4.78, 5) is 12.7. The topological polar surface area (TPSA) is 96.2 Å². The molecule has 0 fully saturated rings. The first-order valence-electron chi connectivity index (χ1n) is 7.50. The van der Waals surface area contributed by atoms with E-state index in [1.165, 1.54) is 20.1 Å². The Morgan fingerprint density at radius 2 is 1.96 bits per heavy atom. The van der Waals surface area contributed by atoms with Crippen molar-refractivity contribution >= 4 is 5.78 Å². The van der Waals surface area contributed by atoms with Crippen LogP contribution in [0.1, 0.15) is 21.5 Å². The second-order valence-corrected chi connectivity index (χ2v) is 5.82. The summed E-state index contributed by atoms with van der Waals surface area (Å²) in [6.07, 6.45) is 0.356. The summed E-state index contributed by atoms with van der Waals surface area (Å²) in [6, 6.07) is 6.29. The summed E-state index contributed by atoms with van der Waals surface area (Å²) < 4.78 is 10.5. The highest BCUT2D eigenvalue weighted by Gasteiger charge is 2.33. The van der Waals surface area contributed by atoms with Crippen LogP contribution in [0.15, 0.2) is 24.3 Å². The van der Waals surface area contributed by atoms with Gasteiger partial charge in [0.25, 0.3) is 0 Å². The number of phenols is 3. The van der Waals surface area contributed by atoms with Gasteiger partial charge in [-0.3, -0.25) is 4.79 Å². The maximum absolute atomic E-state index is 12.7. The first-order chi connectivity index (χ1) is 11.4. The van der Waals surface area contributed by atoms with Gasteiger partial charge in [0.2, 0.25) is 0 Å². The molecule has 0 saturated carbocycles. The van der Waals surface area contributed by atoms with Crippen LogP contribution in [0.4, 0.5) is 0 Å². The van der Waals surface area contributed by atoms with Crippen LogP contribution in [0.25, 0.3) is 0 Å². The predicted octanol–water partition coefficient (Wildman–Crippen LogP) is 2.55. The Morgan fingerprint density at radius 3 is 2.62 bits per heavy atom. The van der Waals surface area contributed by atoms with Crippen molar-refractivity contribution in [1.82, 2.24) is 0 Å². The summed E-state index contributed by atoms with van der Waals surface area (Å²) in [7, 11) is 1.46. The summed E-state index contributed by atoms with van der Waals surface area (Å²) in [5.41, 5.74) is 1.10. The zero-order valence-corrected chi connectivity index (χ0v) is 13.4. The Bertz CT molecular complexity index is 812. The highest BCUT2D eigenvalue weighted by atomic mass is 16.5. The van der Waals surface area contributed by atoms with Gasteiger partial charge >= 0.3 is 0 Å². The van der Waals surface area contributed by atoms with Gasteiger partial charge in [-0.25, -0.2) is 0 Å². The third-order valence-corrected chi connectivity index (χ3v) is 4.27. The minimum atomic E-state index is -0.486. The van der Waals surface area contributed by atoms with Gasteiger partial charge in [-0.15, -0.1) is 0 Å². The van der Waals surface area contributed by atoms with Crippen LogP contribution in [0.3, 0.4) is 0 Å². The first kappa shape index (κ1) is 16.0. The van der Waals surface area contributed by atoms with Gasteiger partial charge < -0.3 is 24.8 Å². The fraction of sp³-hybridized carbons (Fsp3) is 0.278. The second kappa shape index (κ2) is 5.96. The van der Waals surface area contributed by atoms with E-state index in [1.807, 2.05) is 0 Å². The molecule has 6 heteroatoms. The van der Waals surface area contributed by atoms with Gasteiger partial charge in [0.1, 0.15) is 22.8 Å². The molecule has 0 radical (unpaired) electrons. The Balaban J connectivity index is 1.89. The molecule has 0 aliphatic carbocycles. The smallest absolute Gasteiger partial charge is 0.177 e. The van der Waals surface area contributed by atoms with Crippen LogP contribution < -0.4 is 9.47 Å². The second-order valence-electron chi connectivity index (χ2n) is 5.82. The Hall–Kier alpha value is -2.89. The summed E-state index contributed by atoms with van der Waals surface area (Å²) in [5, 5.41) is 29.8. The maximum Gasteiger partial charge on any atom is 0.177 e. The third kappa shape index (κ3) is 2.60. The number of Topliss-reactive ketones (excluding diaryl/α,β-unsaturated/α-hetero) is 1. The van der Waals surface area contributed by atoms with E-state index < -0.39 is 5.92 Å². The molecule has 126 valence electrons. The average molecular weight is 330 g/mol. The number of carbonyl (C=O) groups is 1. The van der Waals surface area contributed by atoms with Gasteiger partial charge in [-0.05, 0) is 31.0 Å². The van der Waals surface area contributed by atoms with Crippen molar-refractivity contribution in [2.24, 2.45) is 5.92 Å². The molecule has 0 saturated heterocycles. The maximum atomic E-state index is 12.7. The number of methoxy groups -OCH3 is 1. The predicted molar refractivity (Wildman–Crippen MR) is 86.2 cm³/mol. The number of aromatic hydroxyl groups is 3. The van der Waals surface area contributed by atoms with Crippen molar-refractivity contribution in [3.8, 4) is 28.7 Å². The standard InChI is InChI=1S/C18H18O6/c1-9-12(19)7-15-16(17(9)21)18(22)11(8-24-15)5-10-3-4-14(23-2)13(20)6-10/h3-4,6-7,11,19-21H,5,8H2,1-2H3. The Morgan fingerprint density at radius 1 is 1.21 bits per heavy atom. The third-order valence-electron chi connectivity index (χ3n) is 4.27. The van der Waals surface area contributed by atoms with E-state index in [0.717, 1.165) is 5.56 Å². The van der Waals surface area contributed by atoms with E-state index in [4.69, 9.17) is 9.47 Å².